The number of aryl methyl sites for hydroxylation is 1. The molecule has 2 aromatic rings. The first-order valence-corrected chi connectivity index (χ1v) is 9.84. The third kappa shape index (κ3) is 5.08. The Balaban J connectivity index is 1.50. The number of ether oxygens (including phenoxy) is 2. The Morgan fingerprint density at radius 3 is 2.62 bits per heavy atom. The van der Waals surface area contributed by atoms with Crippen molar-refractivity contribution in [3.05, 3.63) is 59.2 Å². The number of benzene rings is 2. The van der Waals surface area contributed by atoms with E-state index in [2.05, 4.69) is 5.32 Å². The molecular weight excluding hydrogens is 368 g/mol. The summed E-state index contributed by atoms with van der Waals surface area (Å²) < 4.78 is 10.6. The van der Waals surface area contributed by atoms with Crippen LogP contribution in [-0.2, 0) is 11.2 Å². The van der Waals surface area contributed by atoms with Gasteiger partial charge in [0.1, 0.15) is 0 Å². The first-order valence-electron chi connectivity index (χ1n) is 9.84. The molecule has 0 aromatic heterocycles. The van der Waals surface area contributed by atoms with Crippen molar-refractivity contribution >= 4 is 11.8 Å². The number of rotatable bonds is 8. The Kier molecular flexibility index (Phi) is 6.75. The fourth-order valence-electron chi connectivity index (χ4n) is 3.67. The van der Waals surface area contributed by atoms with E-state index in [1.165, 1.54) is 0 Å². The van der Waals surface area contributed by atoms with E-state index in [-0.39, 0.29) is 17.7 Å². The van der Waals surface area contributed by atoms with Crippen LogP contribution in [0.15, 0.2) is 42.5 Å². The second kappa shape index (κ2) is 9.45. The molecule has 1 aliphatic heterocycles. The maximum absolute atomic E-state index is 12.4. The predicted molar refractivity (Wildman–Crippen MR) is 111 cm³/mol. The van der Waals surface area contributed by atoms with Crippen LogP contribution in [0.5, 0.6) is 11.5 Å². The third-order valence-corrected chi connectivity index (χ3v) is 5.35. The molecule has 1 heterocycles. The van der Waals surface area contributed by atoms with Gasteiger partial charge in [0.25, 0.3) is 5.91 Å². The number of nitrogens with zero attached hydrogens (tertiary/aromatic N) is 1. The second-order valence-corrected chi connectivity index (χ2v) is 7.37. The number of methoxy groups -OCH3 is 2. The zero-order valence-corrected chi connectivity index (χ0v) is 17.2. The van der Waals surface area contributed by atoms with Crippen LogP contribution in [0.3, 0.4) is 0 Å². The predicted octanol–water partition coefficient (Wildman–Crippen LogP) is 2.83. The van der Waals surface area contributed by atoms with E-state index < -0.39 is 0 Å². The summed E-state index contributed by atoms with van der Waals surface area (Å²) in [5.74, 6) is 1.58. The van der Waals surface area contributed by atoms with Crippen molar-refractivity contribution in [2.75, 3.05) is 33.9 Å². The van der Waals surface area contributed by atoms with E-state index in [0.717, 1.165) is 17.5 Å². The normalized spacial score (nSPS) is 16.0. The Morgan fingerprint density at radius 2 is 1.90 bits per heavy atom. The van der Waals surface area contributed by atoms with Crippen molar-refractivity contribution in [1.82, 2.24) is 10.2 Å². The molecule has 2 aromatic carbocycles. The highest BCUT2D eigenvalue weighted by molar-refractivity contribution is 5.95. The Labute approximate surface area is 171 Å². The van der Waals surface area contributed by atoms with Gasteiger partial charge < -0.3 is 19.7 Å². The minimum atomic E-state index is -0.0840. The molecule has 1 aliphatic rings. The maximum Gasteiger partial charge on any atom is 0.251 e. The van der Waals surface area contributed by atoms with E-state index in [9.17, 15) is 9.59 Å². The largest absolute Gasteiger partial charge is 0.493 e. The average molecular weight is 396 g/mol. The number of likely N-dealkylation sites (tertiary alicyclic amines) is 1. The molecule has 1 saturated heterocycles. The van der Waals surface area contributed by atoms with E-state index in [0.29, 0.717) is 43.1 Å². The molecule has 3 rings (SSSR count). The van der Waals surface area contributed by atoms with Crippen molar-refractivity contribution in [2.24, 2.45) is 5.92 Å². The number of amides is 2. The Bertz CT molecular complexity index is 881. The summed E-state index contributed by atoms with van der Waals surface area (Å²) in [4.78, 5) is 26.6. The highest BCUT2D eigenvalue weighted by Crippen LogP contribution is 2.28. The van der Waals surface area contributed by atoms with Gasteiger partial charge in [0, 0.05) is 37.5 Å². The molecule has 6 heteroatoms. The van der Waals surface area contributed by atoms with Crippen LogP contribution >= 0.6 is 0 Å². The van der Waals surface area contributed by atoms with E-state index in [1.54, 1.807) is 14.2 Å². The summed E-state index contributed by atoms with van der Waals surface area (Å²) >= 11 is 0. The Hall–Kier alpha value is -3.02. The van der Waals surface area contributed by atoms with Gasteiger partial charge in [-0.05, 0) is 42.7 Å². The van der Waals surface area contributed by atoms with Gasteiger partial charge in [-0.2, -0.15) is 0 Å². The zero-order valence-electron chi connectivity index (χ0n) is 17.2. The number of nitrogens with one attached hydrogen (secondary N) is 1. The lowest BCUT2D eigenvalue weighted by molar-refractivity contribution is -0.127. The first kappa shape index (κ1) is 20.7. The maximum atomic E-state index is 12.4. The van der Waals surface area contributed by atoms with Gasteiger partial charge in [0.15, 0.2) is 11.5 Å². The number of carbonyl (C=O) groups is 2. The minimum Gasteiger partial charge on any atom is -0.493 e. The summed E-state index contributed by atoms with van der Waals surface area (Å²) in [6.07, 6.45) is 1.22. The zero-order chi connectivity index (χ0) is 20.8. The van der Waals surface area contributed by atoms with Gasteiger partial charge in [0.2, 0.25) is 5.91 Å². The van der Waals surface area contributed by atoms with E-state index in [1.807, 2.05) is 54.3 Å². The lowest BCUT2D eigenvalue weighted by atomic mass is 10.1. The van der Waals surface area contributed by atoms with Crippen LogP contribution in [-0.4, -0.2) is 50.6 Å². The quantitative estimate of drug-likeness (QED) is 0.745. The molecule has 2 amide bonds. The summed E-state index contributed by atoms with van der Waals surface area (Å²) in [6.45, 7) is 3.74. The molecule has 6 nitrogen and oxygen atoms in total. The lowest BCUT2D eigenvalue weighted by Crippen LogP contribution is -2.32. The third-order valence-electron chi connectivity index (χ3n) is 5.35. The monoisotopic (exact) mass is 396 g/mol. The molecule has 0 spiro atoms. The number of carbonyl (C=O) groups excluding carboxylic acids is 2. The van der Waals surface area contributed by atoms with Crippen LogP contribution in [0.2, 0.25) is 0 Å². The fraction of sp³-hybridized carbons (Fsp3) is 0.391. The second-order valence-electron chi connectivity index (χ2n) is 7.37. The molecular formula is C23H28N2O4. The molecule has 0 radical (unpaired) electrons. The lowest BCUT2D eigenvalue weighted by Gasteiger charge is -2.17. The van der Waals surface area contributed by atoms with E-state index >= 15 is 0 Å². The van der Waals surface area contributed by atoms with Crippen molar-refractivity contribution in [3.63, 3.8) is 0 Å². The Morgan fingerprint density at radius 1 is 1.14 bits per heavy atom. The van der Waals surface area contributed by atoms with Crippen molar-refractivity contribution in [3.8, 4) is 11.5 Å². The van der Waals surface area contributed by atoms with Crippen LogP contribution in [0.25, 0.3) is 0 Å². The van der Waals surface area contributed by atoms with Gasteiger partial charge in [-0.1, -0.05) is 24.3 Å². The highest BCUT2D eigenvalue weighted by Gasteiger charge is 2.29. The molecule has 0 saturated carbocycles. The molecule has 154 valence electrons. The standard InChI is InChI=1S/C23H28N2O4/c1-16-6-4-5-7-19(16)23(27)24-14-18-13-22(26)25(15-18)11-10-17-8-9-20(28-2)21(12-17)29-3/h4-9,12,18H,10-11,13-15H2,1-3H3,(H,24,27). The number of hydrogen-bond acceptors (Lipinski definition) is 4. The van der Waals surface area contributed by atoms with Crippen LogP contribution in [0, 0.1) is 12.8 Å². The molecule has 0 aliphatic carbocycles. The van der Waals surface area contributed by atoms with Crippen LogP contribution in [0.1, 0.15) is 27.9 Å². The van der Waals surface area contributed by atoms with Crippen LogP contribution in [0.4, 0.5) is 0 Å². The van der Waals surface area contributed by atoms with Gasteiger partial charge in [-0.15, -0.1) is 0 Å². The fourth-order valence-corrected chi connectivity index (χ4v) is 3.67. The van der Waals surface area contributed by atoms with E-state index in [4.69, 9.17) is 9.47 Å². The van der Waals surface area contributed by atoms with Crippen molar-refractivity contribution < 1.29 is 19.1 Å². The van der Waals surface area contributed by atoms with Crippen molar-refractivity contribution in [2.45, 2.75) is 19.8 Å². The molecule has 29 heavy (non-hydrogen) atoms. The first-order chi connectivity index (χ1) is 14.0. The highest BCUT2D eigenvalue weighted by atomic mass is 16.5. The molecule has 1 N–H and O–H groups in total. The van der Waals surface area contributed by atoms with Gasteiger partial charge in [-0.3, -0.25) is 9.59 Å². The summed E-state index contributed by atoms with van der Waals surface area (Å²) in [5, 5.41) is 2.98. The minimum absolute atomic E-state index is 0.0840. The summed E-state index contributed by atoms with van der Waals surface area (Å²) in [5.41, 5.74) is 2.72. The van der Waals surface area contributed by atoms with Crippen molar-refractivity contribution in [1.29, 1.82) is 0 Å². The summed E-state index contributed by atoms with van der Waals surface area (Å²) in [7, 11) is 3.22. The number of hydrogen-bond donors (Lipinski definition) is 1. The smallest absolute Gasteiger partial charge is 0.251 e. The SMILES string of the molecule is COc1ccc(CCN2CC(CNC(=O)c3ccccc3C)CC2=O)cc1OC. The molecule has 1 atom stereocenters. The molecule has 0 bridgehead atoms. The van der Waals surface area contributed by atoms with Crippen LogP contribution < -0.4 is 14.8 Å². The van der Waals surface area contributed by atoms with Gasteiger partial charge >= 0.3 is 0 Å². The van der Waals surface area contributed by atoms with Gasteiger partial charge in [0.05, 0.1) is 14.2 Å². The summed E-state index contributed by atoms with van der Waals surface area (Å²) in [6, 6.07) is 13.3. The molecule has 1 fully saturated rings. The topological polar surface area (TPSA) is 67.9 Å². The van der Waals surface area contributed by atoms with Gasteiger partial charge in [-0.25, -0.2) is 0 Å². The average Bonchev–Trinajstić information content (AvgIpc) is 3.10. The molecule has 1 unspecified atom stereocenters.